The standard InChI is InChI=1S/C16H20F3N3O2/c1-10(21-15(20)24)14(23)22-9-3-2-4-13(22)11-5-7-12(8-6-11)16(17,18)19/h5-8,10,13H,2-4,9H2,1H3,(H3,20,21,24)/t10-,13+/m1/s1. The van der Waals surface area contributed by atoms with Crippen LogP contribution in [0.4, 0.5) is 18.0 Å². The molecule has 0 aromatic heterocycles. The van der Waals surface area contributed by atoms with Gasteiger partial charge in [0.05, 0.1) is 11.6 Å². The minimum Gasteiger partial charge on any atom is -0.352 e. The highest BCUT2D eigenvalue weighted by molar-refractivity contribution is 5.86. The van der Waals surface area contributed by atoms with Crippen LogP contribution in [0.3, 0.4) is 0 Å². The van der Waals surface area contributed by atoms with Crippen molar-refractivity contribution in [3.8, 4) is 0 Å². The molecule has 24 heavy (non-hydrogen) atoms. The number of carbonyl (C=O) groups excluding carboxylic acids is 2. The van der Waals surface area contributed by atoms with Crippen LogP contribution in [0.25, 0.3) is 0 Å². The molecule has 3 N–H and O–H groups in total. The number of benzene rings is 1. The van der Waals surface area contributed by atoms with E-state index >= 15 is 0 Å². The molecule has 0 radical (unpaired) electrons. The molecule has 132 valence electrons. The average molecular weight is 343 g/mol. The van der Waals surface area contributed by atoms with Crippen LogP contribution in [0, 0.1) is 0 Å². The number of piperidine rings is 1. The fraction of sp³-hybridized carbons (Fsp3) is 0.500. The molecule has 1 aliphatic rings. The van der Waals surface area contributed by atoms with Crippen LogP contribution in [0.2, 0.25) is 0 Å². The van der Waals surface area contributed by atoms with Crippen molar-refractivity contribution in [3.63, 3.8) is 0 Å². The van der Waals surface area contributed by atoms with Gasteiger partial charge in [0.15, 0.2) is 0 Å². The predicted octanol–water partition coefficient (Wildman–Crippen LogP) is 2.82. The maximum Gasteiger partial charge on any atom is 0.416 e. The van der Waals surface area contributed by atoms with E-state index in [1.807, 2.05) is 0 Å². The van der Waals surface area contributed by atoms with E-state index in [1.54, 1.807) is 4.90 Å². The van der Waals surface area contributed by atoms with Gasteiger partial charge in [0.2, 0.25) is 5.91 Å². The number of likely N-dealkylation sites (tertiary alicyclic amines) is 1. The van der Waals surface area contributed by atoms with Gasteiger partial charge in [-0.15, -0.1) is 0 Å². The van der Waals surface area contributed by atoms with Gasteiger partial charge in [-0.3, -0.25) is 4.79 Å². The average Bonchev–Trinajstić information content (AvgIpc) is 2.53. The van der Waals surface area contributed by atoms with Crippen molar-refractivity contribution in [2.75, 3.05) is 6.54 Å². The van der Waals surface area contributed by atoms with Crippen molar-refractivity contribution in [2.45, 2.75) is 44.4 Å². The van der Waals surface area contributed by atoms with Crippen LogP contribution in [0.15, 0.2) is 24.3 Å². The Hall–Kier alpha value is -2.25. The number of nitrogens with one attached hydrogen (secondary N) is 1. The predicted molar refractivity (Wildman–Crippen MR) is 81.9 cm³/mol. The summed E-state index contributed by atoms with van der Waals surface area (Å²) in [5.41, 5.74) is 4.97. The van der Waals surface area contributed by atoms with Crippen LogP contribution in [-0.2, 0) is 11.0 Å². The first-order valence-corrected chi connectivity index (χ1v) is 7.73. The van der Waals surface area contributed by atoms with E-state index < -0.39 is 23.8 Å². The summed E-state index contributed by atoms with van der Waals surface area (Å²) in [6, 6.07) is 2.99. The van der Waals surface area contributed by atoms with Crippen molar-refractivity contribution >= 4 is 11.9 Å². The van der Waals surface area contributed by atoms with Crippen molar-refractivity contribution in [3.05, 3.63) is 35.4 Å². The Morgan fingerprint density at radius 3 is 2.42 bits per heavy atom. The fourth-order valence-corrected chi connectivity index (χ4v) is 2.96. The zero-order valence-electron chi connectivity index (χ0n) is 13.3. The van der Waals surface area contributed by atoms with Crippen LogP contribution in [-0.4, -0.2) is 29.4 Å². The van der Waals surface area contributed by atoms with E-state index in [0.717, 1.165) is 25.0 Å². The second-order valence-electron chi connectivity index (χ2n) is 5.89. The first kappa shape index (κ1) is 18.1. The SMILES string of the molecule is C[C@@H](NC(N)=O)C(=O)N1CCCC[C@H]1c1ccc(C(F)(F)F)cc1. The summed E-state index contributed by atoms with van der Waals surface area (Å²) in [6.07, 6.45) is -2.03. The number of nitrogens with two attached hydrogens (primary N) is 1. The van der Waals surface area contributed by atoms with Crippen LogP contribution < -0.4 is 11.1 Å². The fourth-order valence-electron chi connectivity index (χ4n) is 2.96. The highest BCUT2D eigenvalue weighted by Crippen LogP contribution is 2.34. The molecular weight excluding hydrogens is 323 g/mol. The first-order chi connectivity index (χ1) is 11.2. The molecule has 2 atom stereocenters. The van der Waals surface area contributed by atoms with Crippen LogP contribution in [0.1, 0.15) is 43.4 Å². The summed E-state index contributed by atoms with van der Waals surface area (Å²) < 4.78 is 38.0. The van der Waals surface area contributed by atoms with Gasteiger partial charge < -0.3 is 16.0 Å². The van der Waals surface area contributed by atoms with E-state index in [9.17, 15) is 22.8 Å². The third kappa shape index (κ3) is 4.18. The molecule has 1 saturated heterocycles. The Morgan fingerprint density at radius 1 is 1.25 bits per heavy atom. The van der Waals surface area contributed by atoms with Crippen molar-refractivity contribution in [2.24, 2.45) is 5.73 Å². The highest BCUT2D eigenvalue weighted by Gasteiger charge is 2.33. The maximum absolute atomic E-state index is 12.7. The Balaban J connectivity index is 2.20. The lowest BCUT2D eigenvalue weighted by atomic mass is 9.94. The van der Waals surface area contributed by atoms with E-state index in [0.29, 0.717) is 18.5 Å². The van der Waals surface area contributed by atoms with E-state index in [-0.39, 0.29) is 11.9 Å². The number of urea groups is 1. The zero-order chi connectivity index (χ0) is 17.9. The molecule has 0 spiro atoms. The molecule has 0 unspecified atom stereocenters. The van der Waals surface area contributed by atoms with Gasteiger partial charge in [-0.2, -0.15) is 13.2 Å². The normalized spacial score (nSPS) is 19.7. The minimum absolute atomic E-state index is 0.293. The Labute approximate surface area is 138 Å². The minimum atomic E-state index is -4.39. The largest absolute Gasteiger partial charge is 0.416 e. The topological polar surface area (TPSA) is 75.4 Å². The lowest BCUT2D eigenvalue weighted by Gasteiger charge is -2.37. The lowest BCUT2D eigenvalue weighted by Crippen LogP contribution is -2.50. The van der Waals surface area contributed by atoms with Crippen molar-refractivity contribution in [1.29, 1.82) is 0 Å². The Bertz CT molecular complexity index is 602. The van der Waals surface area contributed by atoms with E-state index in [4.69, 9.17) is 5.73 Å². The summed E-state index contributed by atoms with van der Waals surface area (Å²) in [7, 11) is 0. The van der Waals surface area contributed by atoms with Gasteiger partial charge in [-0.05, 0) is 43.9 Å². The molecule has 8 heteroatoms. The van der Waals surface area contributed by atoms with E-state index in [2.05, 4.69) is 5.32 Å². The molecule has 1 aromatic carbocycles. The third-order valence-corrected chi connectivity index (χ3v) is 4.14. The van der Waals surface area contributed by atoms with Crippen LogP contribution >= 0.6 is 0 Å². The summed E-state index contributed by atoms with van der Waals surface area (Å²) in [5.74, 6) is -0.293. The first-order valence-electron chi connectivity index (χ1n) is 7.73. The molecule has 0 aliphatic carbocycles. The van der Waals surface area contributed by atoms with Crippen molar-refractivity contribution in [1.82, 2.24) is 10.2 Å². The van der Waals surface area contributed by atoms with Gasteiger partial charge in [-0.1, -0.05) is 12.1 Å². The monoisotopic (exact) mass is 343 g/mol. The molecule has 0 bridgehead atoms. The molecule has 0 saturated carbocycles. The van der Waals surface area contributed by atoms with Crippen molar-refractivity contribution < 1.29 is 22.8 Å². The summed E-state index contributed by atoms with van der Waals surface area (Å²) in [6.45, 7) is 2.03. The summed E-state index contributed by atoms with van der Waals surface area (Å²) in [4.78, 5) is 25.0. The number of alkyl halides is 3. The number of amides is 3. The van der Waals surface area contributed by atoms with E-state index in [1.165, 1.54) is 19.1 Å². The maximum atomic E-state index is 12.7. The number of nitrogens with zero attached hydrogens (tertiary/aromatic N) is 1. The molecule has 3 amide bonds. The smallest absolute Gasteiger partial charge is 0.352 e. The summed E-state index contributed by atoms with van der Waals surface area (Å²) >= 11 is 0. The number of rotatable bonds is 3. The molecular formula is C16H20F3N3O2. The number of carbonyl (C=O) groups is 2. The molecule has 1 fully saturated rings. The Morgan fingerprint density at radius 2 is 1.88 bits per heavy atom. The zero-order valence-corrected chi connectivity index (χ0v) is 13.3. The summed E-state index contributed by atoms with van der Waals surface area (Å²) in [5, 5.41) is 2.34. The molecule has 2 rings (SSSR count). The molecule has 1 aromatic rings. The number of primary amides is 1. The quantitative estimate of drug-likeness (QED) is 0.885. The van der Waals surface area contributed by atoms with Gasteiger partial charge in [0.1, 0.15) is 6.04 Å². The molecule has 1 heterocycles. The number of hydrogen-bond acceptors (Lipinski definition) is 2. The van der Waals surface area contributed by atoms with Gasteiger partial charge in [-0.25, -0.2) is 4.79 Å². The lowest BCUT2D eigenvalue weighted by molar-refractivity contribution is -0.138. The third-order valence-electron chi connectivity index (χ3n) is 4.14. The van der Waals surface area contributed by atoms with Gasteiger partial charge in [0.25, 0.3) is 0 Å². The van der Waals surface area contributed by atoms with Gasteiger partial charge >= 0.3 is 12.2 Å². The Kier molecular flexibility index (Phi) is 5.36. The number of hydrogen-bond donors (Lipinski definition) is 2. The van der Waals surface area contributed by atoms with Crippen LogP contribution in [0.5, 0.6) is 0 Å². The highest BCUT2D eigenvalue weighted by atomic mass is 19.4. The number of halogens is 3. The van der Waals surface area contributed by atoms with Gasteiger partial charge in [0, 0.05) is 6.54 Å². The molecule has 1 aliphatic heterocycles. The molecule has 5 nitrogen and oxygen atoms in total. The second kappa shape index (κ2) is 7.11. The second-order valence-corrected chi connectivity index (χ2v) is 5.89.